The molecule has 0 aromatic rings. The van der Waals surface area contributed by atoms with Crippen LogP contribution in [0.5, 0.6) is 0 Å². The van der Waals surface area contributed by atoms with Crippen LogP contribution in [-0.4, -0.2) is 35.0 Å². The van der Waals surface area contributed by atoms with Crippen LogP contribution < -0.4 is 0 Å². The number of hydrogen-bond donors (Lipinski definition) is 1. The van der Waals surface area contributed by atoms with Crippen molar-refractivity contribution in [1.82, 2.24) is 4.90 Å². The minimum Gasteiger partial charge on any atom is -0.481 e. The van der Waals surface area contributed by atoms with Crippen molar-refractivity contribution in [3.05, 3.63) is 0 Å². The molecule has 1 aliphatic carbocycles. The van der Waals surface area contributed by atoms with Gasteiger partial charge in [0.15, 0.2) is 0 Å². The smallest absolute Gasteiger partial charge is 0.306 e. The molecule has 0 aromatic carbocycles. The predicted molar refractivity (Wildman–Crippen MR) is 58.9 cm³/mol. The van der Waals surface area contributed by atoms with Crippen LogP contribution in [0.4, 0.5) is 0 Å². The zero-order valence-electron chi connectivity index (χ0n) is 9.74. The fourth-order valence-corrected chi connectivity index (χ4v) is 2.24. The highest BCUT2D eigenvalue weighted by atomic mass is 16.4. The molecule has 0 aromatic heterocycles. The standard InChI is InChI=1S/C12H19NO3/c1-12(4-5-12)8-10(14)13-6-2-9(3-7-13)11(15)16/h9H,2-8H2,1H3,(H,15,16). The molecule has 0 radical (unpaired) electrons. The van der Waals surface area contributed by atoms with Gasteiger partial charge < -0.3 is 10.0 Å². The van der Waals surface area contributed by atoms with E-state index >= 15 is 0 Å². The van der Waals surface area contributed by atoms with E-state index in [1.807, 2.05) is 4.90 Å². The van der Waals surface area contributed by atoms with Gasteiger partial charge in [-0.3, -0.25) is 9.59 Å². The third kappa shape index (κ3) is 2.54. The van der Waals surface area contributed by atoms with E-state index in [0.717, 1.165) is 12.8 Å². The van der Waals surface area contributed by atoms with Crippen molar-refractivity contribution >= 4 is 11.9 Å². The third-order valence-electron chi connectivity index (χ3n) is 3.88. The van der Waals surface area contributed by atoms with Gasteiger partial charge in [0.25, 0.3) is 0 Å². The number of piperidine rings is 1. The quantitative estimate of drug-likeness (QED) is 0.791. The summed E-state index contributed by atoms with van der Waals surface area (Å²) in [6, 6.07) is 0. The maximum Gasteiger partial charge on any atom is 0.306 e. The molecule has 0 atom stereocenters. The lowest BCUT2D eigenvalue weighted by Gasteiger charge is -2.31. The van der Waals surface area contributed by atoms with Crippen LogP contribution in [0.2, 0.25) is 0 Å². The van der Waals surface area contributed by atoms with Crippen LogP contribution in [0.3, 0.4) is 0 Å². The first-order valence-electron chi connectivity index (χ1n) is 6.01. The summed E-state index contributed by atoms with van der Waals surface area (Å²) in [5, 5.41) is 8.86. The van der Waals surface area contributed by atoms with Crippen molar-refractivity contribution < 1.29 is 14.7 Å². The molecule has 1 amide bonds. The number of amides is 1. The van der Waals surface area contributed by atoms with Crippen molar-refractivity contribution in [1.29, 1.82) is 0 Å². The van der Waals surface area contributed by atoms with Gasteiger partial charge in [-0.15, -0.1) is 0 Å². The van der Waals surface area contributed by atoms with E-state index in [0.29, 0.717) is 32.4 Å². The second-order valence-electron chi connectivity index (χ2n) is 5.48. The van der Waals surface area contributed by atoms with Gasteiger partial charge in [-0.25, -0.2) is 0 Å². The summed E-state index contributed by atoms with van der Waals surface area (Å²) in [4.78, 5) is 24.5. The van der Waals surface area contributed by atoms with E-state index in [4.69, 9.17) is 5.11 Å². The van der Waals surface area contributed by atoms with Crippen molar-refractivity contribution in [3.8, 4) is 0 Å². The number of carboxylic acids is 1. The number of carbonyl (C=O) groups is 2. The maximum absolute atomic E-state index is 11.9. The van der Waals surface area contributed by atoms with Crippen LogP contribution in [0.1, 0.15) is 39.0 Å². The molecule has 0 unspecified atom stereocenters. The Kier molecular flexibility index (Phi) is 2.91. The van der Waals surface area contributed by atoms with E-state index < -0.39 is 5.97 Å². The monoisotopic (exact) mass is 225 g/mol. The number of carbonyl (C=O) groups excluding carboxylic acids is 1. The normalized spacial score (nSPS) is 24.2. The maximum atomic E-state index is 11.9. The van der Waals surface area contributed by atoms with Crippen molar-refractivity contribution in [2.75, 3.05) is 13.1 Å². The van der Waals surface area contributed by atoms with E-state index in [1.165, 1.54) is 0 Å². The number of rotatable bonds is 3. The molecule has 2 aliphatic rings. The molecule has 0 bridgehead atoms. The molecule has 2 rings (SSSR count). The Morgan fingerprint density at radius 2 is 1.88 bits per heavy atom. The van der Waals surface area contributed by atoms with E-state index in [-0.39, 0.29) is 17.2 Å². The van der Waals surface area contributed by atoms with Crippen LogP contribution in [0, 0.1) is 11.3 Å². The van der Waals surface area contributed by atoms with Gasteiger partial charge in [-0.05, 0) is 31.1 Å². The minimum atomic E-state index is -0.721. The highest BCUT2D eigenvalue weighted by molar-refractivity contribution is 5.78. The fourth-order valence-electron chi connectivity index (χ4n) is 2.24. The molecule has 1 heterocycles. The molecule has 4 heteroatoms. The number of hydrogen-bond acceptors (Lipinski definition) is 2. The van der Waals surface area contributed by atoms with Gasteiger partial charge in [0.2, 0.25) is 5.91 Å². The minimum absolute atomic E-state index is 0.212. The fraction of sp³-hybridized carbons (Fsp3) is 0.833. The lowest BCUT2D eigenvalue weighted by Crippen LogP contribution is -2.40. The van der Waals surface area contributed by atoms with Gasteiger partial charge in [-0.2, -0.15) is 0 Å². The zero-order chi connectivity index (χ0) is 11.8. The molecule has 1 aliphatic heterocycles. The van der Waals surface area contributed by atoms with Gasteiger partial charge in [0.1, 0.15) is 0 Å². The van der Waals surface area contributed by atoms with E-state index in [9.17, 15) is 9.59 Å². The van der Waals surface area contributed by atoms with Crippen LogP contribution in [0.15, 0.2) is 0 Å². The molecule has 1 saturated heterocycles. The lowest BCUT2D eigenvalue weighted by molar-refractivity contribution is -0.146. The Morgan fingerprint density at radius 3 is 2.31 bits per heavy atom. The SMILES string of the molecule is CC1(CC(=O)N2CCC(C(=O)O)CC2)CC1. The summed E-state index contributed by atoms with van der Waals surface area (Å²) in [7, 11) is 0. The molecule has 90 valence electrons. The van der Waals surface area contributed by atoms with Gasteiger partial charge >= 0.3 is 5.97 Å². The largest absolute Gasteiger partial charge is 0.481 e. The lowest BCUT2D eigenvalue weighted by atomic mass is 9.96. The molecular formula is C12H19NO3. The molecule has 1 N–H and O–H groups in total. The molecule has 0 spiro atoms. The van der Waals surface area contributed by atoms with Gasteiger partial charge in [-0.1, -0.05) is 6.92 Å². The second kappa shape index (κ2) is 4.07. The average Bonchev–Trinajstić information content (AvgIpc) is 2.96. The van der Waals surface area contributed by atoms with E-state index in [1.54, 1.807) is 0 Å². The van der Waals surface area contributed by atoms with Crippen molar-refractivity contribution in [3.63, 3.8) is 0 Å². The molecule has 4 nitrogen and oxygen atoms in total. The number of carboxylic acid groups (broad SMARTS) is 1. The topological polar surface area (TPSA) is 57.6 Å². The summed E-state index contributed by atoms with van der Waals surface area (Å²) in [5.74, 6) is -0.759. The number of nitrogens with zero attached hydrogens (tertiary/aromatic N) is 1. The Labute approximate surface area is 95.6 Å². The predicted octanol–water partition coefficient (Wildman–Crippen LogP) is 1.50. The summed E-state index contributed by atoms with van der Waals surface area (Å²) in [6.07, 6.45) is 4.18. The first kappa shape index (κ1) is 11.4. The highest BCUT2D eigenvalue weighted by Crippen LogP contribution is 2.48. The van der Waals surface area contributed by atoms with Crippen molar-refractivity contribution in [2.45, 2.75) is 39.0 Å². The zero-order valence-corrected chi connectivity index (χ0v) is 9.74. The Hall–Kier alpha value is -1.06. The van der Waals surface area contributed by atoms with Crippen LogP contribution in [0.25, 0.3) is 0 Å². The highest BCUT2D eigenvalue weighted by Gasteiger charge is 2.40. The van der Waals surface area contributed by atoms with Crippen LogP contribution in [-0.2, 0) is 9.59 Å². The third-order valence-corrected chi connectivity index (χ3v) is 3.88. The second-order valence-corrected chi connectivity index (χ2v) is 5.48. The average molecular weight is 225 g/mol. The van der Waals surface area contributed by atoms with Gasteiger partial charge in [0.05, 0.1) is 5.92 Å². The first-order chi connectivity index (χ1) is 7.50. The molecular weight excluding hydrogens is 206 g/mol. The van der Waals surface area contributed by atoms with E-state index in [2.05, 4.69) is 6.92 Å². The van der Waals surface area contributed by atoms with Crippen molar-refractivity contribution in [2.24, 2.45) is 11.3 Å². The Morgan fingerprint density at radius 1 is 1.31 bits per heavy atom. The molecule has 16 heavy (non-hydrogen) atoms. The summed E-state index contributed by atoms with van der Waals surface area (Å²) in [6.45, 7) is 3.38. The number of likely N-dealkylation sites (tertiary alicyclic amines) is 1. The summed E-state index contributed by atoms with van der Waals surface area (Å²) in [5.41, 5.74) is 0.251. The molecule has 1 saturated carbocycles. The Bertz CT molecular complexity index is 301. The summed E-state index contributed by atoms with van der Waals surface area (Å²) >= 11 is 0. The Balaban J connectivity index is 1.79. The first-order valence-corrected chi connectivity index (χ1v) is 6.01. The summed E-state index contributed by atoms with van der Waals surface area (Å²) < 4.78 is 0. The van der Waals surface area contributed by atoms with Gasteiger partial charge in [0, 0.05) is 19.5 Å². The number of aliphatic carboxylic acids is 1. The molecule has 2 fully saturated rings. The van der Waals surface area contributed by atoms with Crippen LogP contribution >= 0.6 is 0 Å².